The van der Waals surface area contributed by atoms with Crippen LogP contribution in [0.1, 0.15) is 25.4 Å². The zero-order valence-corrected chi connectivity index (χ0v) is 21.4. The number of aliphatic hydroxyl groups excluding tert-OH is 1. The Morgan fingerprint density at radius 1 is 1.20 bits per heavy atom. The first-order valence-electron chi connectivity index (χ1n) is 11.9. The Bertz CT molecular complexity index is 1920. The number of carbonyl (C=O) groups excluding carboxylic acids is 1. The number of morpholine rings is 1. The molecule has 6 rings (SSSR count). The number of aliphatic hydroxyl groups is 1. The van der Waals surface area contributed by atoms with E-state index in [1.54, 1.807) is 12.1 Å². The number of rotatable bonds is 5. The number of benzene rings is 1. The van der Waals surface area contributed by atoms with E-state index in [-0.39, 0.29) is 51.8 Å². The van der Waals surface area contributed by atoms with Crippen LogP contribution in [0.4, 0.5) is 20.4 Å². The van der Waals surface area contributed by atoms with E-state index in [4.69, 9.17) is 10.5 Å². The summed E-state index contributed by atoms with van der Waals surface area (Å²) in [6.45, 7) is -1.56. The minimum Gasteiger partial charge on any atom is -0.382 e. The number of amides is 1. The van der Waals surface area contributed by atoms with Gasteiger partial charge < -0.3 is 20.6 Å². The Balaban J connectivity index is 1.32. The Morgan fingerprint density at radius 3 is 2.77 bits per heavy atom. The molecule has 16 heteroatoms. The molecule has 1 amide bonds. The number of carbonyl (C=O) groups is 1. The number of alkyl halides is 2. The van der Waals surface area contributed by atoms with Crippen LogP contribution in [0.5, 0.6) is 0 Å². The van der Waals surface area contributed by atoms with E-state index in [9.17, 15) is 28.3 Å². The number of anilines is 2. The van der Waals surface area contributed by atoms with Gasteiger partial charge in [-0.15, -0.1) is 5.10 Å². The van der Waals surface area contributed by atoms with Crippen LogP contribution in [0, 0.1) is 0 Å². The number of nitrogens with zero attached hydrogens (tertiary/aromatic N) is 6. The number of pyridine rings is 1. The van der Waals surface area contributed by atoms with Gasteiger partial charge in [0, 0.05) is 29.9 Å². The largest absolute Gasteiger partial charge is 0.382 e. The van der Waals surface area contributed by atoms with Crippen LogP contribution in [0.3, 0.4) is 0 Å². The number of hydrogen-bond donors (Lipinski definition) is 3. The van der Waals surface area contributed by atoms with Crippen LogP contribution in [0.25, 0.3) is 26.7 Å². The molecule has 1 fully saturated rings. The van der Waals surface area contributed by atoms with Gasteiger partial charge in [0.25, 0.3) is 17.0 Å². The minimum atomic E-state index is -3.04. The highest BCUT2D eigenvalue weighted by Gasteiger charge is 2.49. The molecule has 206 valence electrons. The van der Waals surface area contributed by atoms with Crippen molar-refractivity contribution in [3.63, 3.8) is 0 Å². The maximum absolute atomic E-state index is 13.6. The number of nitrogens with one attached hydrogen (secondary N) is 1. The first-order chi connectivity index (χ1) is 19.1. The predicted molar refractivity (Wildman–Crippen MR) is 141 cm³/mol. The van der Waals surface area contributed by atoms with Crippen molar-refractivity contribution in [2.24, 2.45) is 0 Å². The number of aromatic nitrogens is 6. The maximum Gasteiger partial charge on any atom is 0.321 e. The number of halogens is 2. The van der Waals surface area contributed by atoms with Crippen LogP contribution in [-0.2, 0) is 9.53 Å². The lowest BCUT2D eigenvalue weighted by atomic mass is 9.94. The van der Waals surface area contributed by atoms with Gasteiger partial charge in [-0.2, -0.15) is 13.2 Å². The average molecular weight is 571 g/mol. The quantitative estimate of drug-likeness (QED) is 0.284. The standard InChI is InChI=1S/C24H20F2N8O5S/c1-24(18(36)20-28-13-4-3-12-17(40-31-19(12)27)16(13)21(37)29-20)22(38)32(8-9-39-24)14-6-7-34(30-14)11-2-5-15(35)33(10-11)23(25)26/h2-7,10,18,23,36H,8-9H2,1H3,(H2,27,31)(H,28,29,37). The smallest absolute Gasteiger partial charge is 0.321 e. The lowest BCUT2D eigenvalue weighted by Gasteiger charge is -2.40. The first kappa shape index (κ1) is 25.7. The van der Waals surface area contributed by atoms with E-state index in [1.165, 1.54) is 34.8 Å². The lowest BCUT2D eigenvalue weighted by Crippen LogP contribution is -2.58. The highest BCUT2D eigenvalue weighted by atomic mass is 32.1. The number of ether oxygens (including phenoxy) is 1. The molecule has 4 N–H and O–H groups in total. The second-order valence-corrected chi connectivity index (χ2v) is 9.97. The Morgan fingerprint density at radius 2 is 2.00 bits per heavy atom. The molecular formula is C24H20F2N8O5S. The lowest BCUT2D eigenvalue weighted by molar-refractivity contribution is -0.167. The minimum absolute atomic E-state index is 0.0149. The Kier molecular flexibility index (Phi) is 5.97. The van der Waals surface area contributed by atoms with Crippen molar-refractivity contribution in [3.05, 3.63) is 69.3 Å². The van der Waals surface area contributed by atoms with Gasteiger partial charge in [0.2, 0.25) is 0 Å². The topological polar surface area (TPSA) is 174 Å². The van der Waals surface area contributed by atoms with Crippen molar-refractivity contribution in [1.29, 1.82) is 0 Å². The van der Waals surface area contributed by atoms with E-state index in [2.05, 4.69) is 19.4 Å². The van der Waals surface area contributed by atoms with Crippen LogP contribution >= 0.6 is 11.5 Å². The molecule has 0 spiro atoms. The van der Waals surface area contributed by atoms with Crippen LogP contribution in [0.2, 0.25) is 0 Å². The van der Waals surface area contributed by atoms with Gasteiger partial charge in [0.1, 0.15) is 17.7 Å². The number of aromatic amines is 1. The van der Waals surface area contributed by atoms with Crippen molar-refractivity contribution in [2.45, 2.75) is 25.2 Å². The number of nitrogen functional groups attached to an aromatic ring is 1. The summed E-state index contributed by atoms with van der Waals surface area (Å²) in [5.41, 5.74) is 3.04. The molecule has 2 unspecified atom stereocenters. The highest BCUT2D eigenvalue weighted by Crippen LogP contribution is 2.35. The molecule has 1 saturated heterocycles. The summed E-state index contributed by atoms with van der Waals surface area (Å²) in [5.74, 6) is -0.391. The van der Waals surface area contributed by atoms with E-state index in [0.29, 0.717) is 10.1 Å². The van der Waals surface area contributed by atoms with Crippen molar-refractivity contribution in [1.82, 2.24) is 28.7 Å². The SMILES string of the molecule is CC1(C(O)c2nc3ccc4c(N)nsc4c3c(=O)[nH]2)OCCN(c2ccn(-c3ccc(=O)n(C(F)F)c3)n2)C1=O. The summed E-state index contributed by atoms with van der Waals surface area (Å²) in [6, 6.07) is 7.05. The molecule has 40 heavy (non-hydrogen) atoms. The average Bonchev–Trinajstić information content (AvgIpc) is 3.57. The fourth-order valence-electron chi connectivity index (χ4n) is 4.63. The second kappa shape index (κ2) is 9.29. The van der Waals surface area contributed by atoms with Gasteiger partial charge in [-0.3, -0.25) is 23.9 Å². The molecule has 1 aliphatic heterocycles. The molecule has 5 aromatic rings. The third-order valence-electron chi connectivity index (χ3n) is 6.77. The normalized spacial score (nSPS) is 18.7. The monoisotopic (exact) mass is 570 g/mol. The Labute approximate surface area is 226 Å². The number of hydrogen-bond acceptors (Lipinski definition) is 10. The van der Waals surface area contributed by atoms with Gasteiger partial charge in [0.15, 0.2) is 11.4 Å². The summed E-state index contributed by atoms with van der Waals surface area (Å²) in [6.07, 6.45) is 0.727. The van der Waals surface area contributed by atoms with Gasteiger partial charge in [-0.05, 0) is 36.7 Å². The fourth-order valence-corrected chi connectivity index (χ4v) is 5.48. The molecule has 0 bridgehead atoms. The predicted octanol–water partition coefficient (Wildman–Crippen LogP) is 1.71. The molecule has 1 aliphatic rings. The van der Waals surface area contributed by atoms with Gasteiger partial charge in [0.05, 0.1) is 34.4 Å². The van der Waals surface area contributed by atoms with E-state index >= 15 is 0 Å². The van der Waals surface area contributed by atoms with Gasteiger partial charge in [-0.1, -0.05) is 0 Å². The summed E-state index contributed by atoms with van der Waals surface area (Å²) < 4.78 is 38.2. The zero-order chi connectivity index (χ0) is 28.3. The molecular weight excluding hydrogens is 550 g/mol. The fraction of sp³-hybridized carbons (Fsp3) is 0.250. The molecule has 4 aromatic heterocycles. The van der Waals surface area contributed by atoms with E-state index in [1.807, 2.05) is 0 Å². The molecule has 0 saturated carbocycles. The van der Waals surface area contributed by atoms with Gasteiger partial charge in [-0.25, -0.2) is 9.67 Å². The van der Waals surface area contributed by atoms with E-state index in [0.717, 1.165) is 23.8 Å². The molecule has 13 nitrogen and oxygen atoms in total. The number of fused-ring (bicyclic) bond motifs is 3. The summed E-state index contributed by atoms with van der Waals surface area (Å²) in [4.78, 5) is 46.5. The third-order valence-corrected chi connectivity index (χ3v) is 7.67. The first-order valence-corrected chi connectivity index (χ1v) is 12.6. The van der Waals surface area contributed by atoms with E-state index < -0.39 is 35.3 Å². The number of nitrogens with two attached hydrogens (primary N) is 1. The molecule has 2 atom stereocenters. The molecule has 0 radical (unpaired) electrons. The highest BCUT2D eigenvalue weighted by molar-refractivity contribution is 7.14. The van der Waals surface area contributed by atoms with Crippen LogP contribution < -0.4 is 21.8 Å². The number of H-pyrrole nitrogens is 1. The summed E-state index contributed by atoms with van der Waals surface area (Å²) in [7, 11) is 0. The summed E-state index contributed by atoms with van der Waals surface area (Å²) >= 11 is 1.05. The van der Waals surface area contributed by atoms with Crippen LogP contribution in [-0.4, -0.2) is 58.5 Å². The maximum atomic E-state index is 13.6. The van der Waals surface area contributed by atoms with Gasteiger partial charge >= 0.3 is 6.55 Å². The van der Waals surface area contributed by atoms with Crippen molar-refractivity contribution < 1.29 is 23.4 Å². The van der Waals surface area contributed by atoms with Crippen LogP contribution in [0.15, 0.2) is 52.3 Å². The molecule has 1 aromatic carbocycles. The van der Waals surface area contributed by atoms with Crippen molar-refractivity contribution in [2.75, 3.05) is 23.8 Å². The zero-order valence-electron chi connectivity index (χ0n) is 20.6. The third kappa shape index (κ3) is 3.95. The second-order valence-electron chi connectivity index (χ2n) is 9.20. The molecule has 5 heterocycles. The van der Waals surface area contributed by atoms with Crippen molar-refractivity contribution in [3.8, 4) is 5.69 Å². The Hall–Kier alpha value is -4.54. The summed E-state index contributed by atoms with van der Waals surface area (Å²) in [5, 5.41) is 16.4. The molecule has 0 aliphatic carbocycles. The van der Waals surface area contributed by atoms with Crippen molar-refractivity contribution >= 4 is 50.1 Å².